The lowest BCUT2D eigenvalue weighted by Crippen LogP contribution is -2.27. The number of aromatic nitrogens is 4. The number of hydrogen-bond donors (Lipinski definition) is 2. The summed E-state index contributed by atoms with van der Waals surface area (Å²) in [5.74, 6) is 0.254. The van der Waals surface area contributed by atoms with Gasteiger partial charge in [-0.1, -0.05) is 36.4 Å². The second kappa shape index (κ2) is 8.00. The summed E-state index contributed by atoms with van der Waals surface area (Å²) in [5.41, 5.74) is 2.51. The van der Waals surface area contributed by atoms with Crippen LogP contribution >= 0.6 is 0 Å². The number of carbonyl (C=O) groups excluding carboxylic acids is 1. The monoisotopic (exact) mass is 402 g/mol. The summed E-state index contributed by atoms with van der Waals surface area (Å²) < 4.78 is 1.42. The molecule has 30 heavy (non-hydrogen) atoms. The standard InChI is InChI=1S/C21H18N6O3/c1-14(20-22-13-19(24-20)15-6-3-2-4-7-15)23-21(28)18-10-11-26(25-18)16-8-5-9-17(12-16)27(29)30/h2-14H,1H3,(H,22,24)(H,23,28). The number of aromatic amines is 1. The van der Waals surface area contributed by atoms with Gasteiger partial charge in [0.05, 0.1) is 28.5 Å². The molecule has 1 unspecified atom stereocenters. The van der Waals surface area contributed by atoms with Crippen molar-refractivity contribution in [3.05, 3.63) is 94.7 Å². The highest BCUT2D eigenvalue weighted by Gasteiger charge is 2.17. The van der Waals surface area contributed by atoms with Crippen molar-refractivity contribution < 1.29 is 9.72 Å². The van der Waals surface area contributed by atoms with E-state index in [1.807, 2.05) is 37.3 Å². The van der Waals surface area contributed by atoms with Crippen LogP contribution in [0.25, 0.3) is 16.9 Å². The molecule has 1 atom stereocenters. The minimum absolute atomic E-state index is 0.0466. The Bertz CT molecular complexity index is 1200. The molecule has 0 aliphatic heterocycles. The van der Waals surface area contributed by atoms with Crippen molar-refractivity contribution in [2.45, 2.75) is 13.0 Å². The Kier molecular flexibility index (Phi) is 5.08. The number of amides is 1. The fourth-order valence-corrected chi connectivity index (χ4v) is 3.00. The van der Waals surface area contributed by atoms with Gasteiger partial charge in [0.1, 0.15) is 5.82 Å². The van der Waals surface area contributed by atoms with Gasteiger partial charge in [0, 0.05) is 18.3 Å². The smallest absolute Gasteiger partial charge is 0.272 e. The molecule has 0 spiro atoms. The van der Waals surface area contributed by atoms with E-state index in [0.717, 1.165) is 11.3 Å². The van der Waals surface area contributed by atoms with Crippen molar-refractivity contribution >= 4 is 11.6 Å². The molecule has 0 aliphatic carbocycles. The fourth-order valence-electron chi connectivity index (χ4n) is 3.00. The highest BCUT2D eigenvalue weighted by atomic mass is 16.6. The Morgan fingerprint density at radius 3 is 2.73 bits per heavy atom. The molecule has 0 fully saturated rings. The minimum Gasteiger partial charge on any atom is -0.341 e. The third-order valence-corrected chi connectivity index (χ3v) is 4.56. The molecule has 0 saturated heterocycles. The van der Waals surface area contributed by atoms with Gasteiger partial charge in [-0.2, -0.15) is 5.10 Å². The number of nitro benzene ring substituents is 1. The third-order valence-electron chi connectivity index (χ3n) is 4.56. The first kappa shape index (κ1) is 19.1. The molecule has 150 valence electrons. The molecule has 0 radical (unpaired) electrons. The largest absolute Gasteiger partial charge is 0.341 e. The number of H-pyrrole nitrogens is 1. The molecule has 4 rings (SSSR count). The van der Waals surface area contributed by atoms with E-state index in [1.54, 1.807) is 30.6 Å². The first-order chi connectivity index (χ1) is 14.5. The zero-order valence-corrected chi connectivity index (χ0v) is 16.0. The van der Waals surface area contributed by atoms with E-state index < -0.39 is 4.92 Å². The van der Waals surface area contributed by atoms with Crippen LogP contribution in [-0.4, -0.2) is 30.6 Å². The number of non-ortho nitro benzene ring substituents is 1. The van der Waals surface area contributed by atoms with Gasteiger partial charge in [-0.05, 0) is 24.6 Å². The maximum atomic E-state index is 12.6. The number of nitrogens with zero attached hydrogens (tertiary/aromatic N) is 4. The first-order valence-electron chi connectivity index (χ1n) is 9.23. The Morgan fingerprint density at radius 2 is 1.97 bits per heavy atom. The number of imidazole rings is 1. The van der Waals surface area contributed by atoms with Gasteiger partial charge in [0.2, 0.25) is 0 Å². The molecule has 0 saturated carbocycles. The molecule has 2 N–H and O–H groups in total. The van der Waals surface area contributed by atoms with E-state index in [0.29, 0.717) is 11.5 Å². The highest BCUT2D eigenvalue weighted by Crippen LogP contribution is 2.19. The Balaban J connectivity index is 1.46. The van der Waals surface area contributed by atoms with Crippen LogP contribution in [0.3, 0.4) is 0 Å². The topological polar surface area (TPSA) is 119 Å². The Labute approximate surface area is 171 Å². The summed E-state index contributed by atoms with van der Waals surface area (Å²) in [6, 6.07) is 17.0. The van der Waals surface area contributed by atoms with Crippen LogP contribution in [0.15, 0.2) is 73.1 Å². The summed E-state index contributed by atoms with van der Waals surface area (Å²) in [6.45, 7) is 1.82. The number of benzene rings is 2. The van der Waals surface area contributed by atoms with Crippen LogP contribution in [-0.2, 0) is 0 Å². The van der Waals surface area contributed by atoms with E-state index in [1.165, 1.54) is 16.8 Å². The molecule has 1 amide bonds. The summed E-state index contributed by atoms with van der Waals surface area (Å²) >= 11 is 0. The van der Waals surface area contributed by atoms with Crippen molar-refractivity contribution in [3.63, 3.8) is 0 Å². The molecule has 2 heterocycles. The van der Waals surface area contributed by atoms with E-state index in [2.05, 4.69) is 20.4 Å². The highest BCUT2D eigenvalue weighted by molar-refractivity contribution is 5.92. The van der Waals surface area contributed by atoms with Gasteiger partial charge in [0.25, 0.3) is 11.6 Å². The summed E-state index contributed by atoms with van der Waals surface area (Å²) in [7, 11) is 0. The molecule has 0 aliphatic rings. The lowest BCUT2D eigenvalue weighted by Gasteiger charge is -2.10. The van der Waals surface area contributed by atoms with Crippen molar-refractivity contribution in [2.24, 2.45) is 0 Å². The van der Waals surface area contributed by atoms with Crippen LogP contribution in [0.5, 0.6) is 0 Å². The number of rotatable bonds is 6. The van der Waals surface area contributed by atoms with E-state index in [4.69, 9.17) is 0 Å². The van der Waals surface area contributed by atoms with Gasteiger partial charge >= 0.3 is 0 Å². The number of nitrogens with one attached hydrogen (secondary N) is 2. The first-order valence-corrected chi connectivity index (χ1v) is 9.23. The molecule has 9 heteroatoms. The average Bonchev–Trinajstić information content (AvgIpc) is 3.45. The lowest BCUT2D eigenvalue weighted by atomic mass is 10.2. The quantitative estimate of drug-likeness (QED) is 0.377. The van der Waals surface area contributed by atoms with Crippen molar-refractivity contribution in [1.29, 1.82) is 0 Å². The third kappa shape index (κ3) is 3.95. The summed E-state index contributed by atoms with van der Waals surface area (Å²) in [5, 5.41) is 18.0. The molecular weight excluding hydrogens is 384 g/mol. The lowest BCUT2D eigenvalue weighted by molar-refractivity contribution is -0.384. The average molecular weight is 402 g/mol. The van der Waals surface area contributed by atoms with Gasteiger partial charge < -0.3 is 10.3 Å². The van der Waals surface area contributed by atoms with Crippen LogP contribution < -0.4 is 5.32 Å². The molecule has 9 nitrogen and oxygen atoms in total. The SMILES string of the molecule is CC(NC(=O)c1ccn(-c2cccc([N+](=O)[O-])c2)n1)c1ncc(-c2ccccc2)[nH]1. The fraction of sp³-hybridized carbons (Fsp3) is 0.0952. The number of nitro groups is 1. The minimum atomic E-state index is -0.477. The molecule has 2 aromatic carbocycles. The molecule has 0 bridgehead atoms. The summed E-state index contributed by atoms with van der Waals surface area (Å²) in [4.78, 5) is 30.6. The molecule has 4 aromatic rings. The second-order valence-electron chi connectivity index (χ2n) is 6.67. The van der Waals surface area contributed by atoms with E-state index >= 15 is 0 Å². The van der Waals surface area contributed by atoms with Gasteiger partial charge in [-0.3, -0.25) is 14.9 Å². The van der Waals surface area contributed by atoms with Crippen molar-refractivity contribution in [1.82, 2.24) is 25.1 Å². The number of hydrogen-bond acceptors (Lipinski definition) is 5. The van der Waals surface area contributed by atoms with Crippen LogP contribution in [0.1, 0.15) is 29.3 Å². The van der Waals surface area contributed by atoms with Gasteiger partial charge in [0.15, 0.2) is 5.69 Å². The number of carbonyl (C=O) groups is 1. The van der Waals surface area contributed by atoms with E-state index in [9.17, 15) is 14.9 Å². The van der Waals surface area contributed by atoms with Crippen molar-refractivity contribution in [2.75, 3.05) is 0 Å². The predicted molar refractivity (Wildman–Crippen MR) is 110 cm³/mol. The Hall–Kier alpha value is -4.27. The Morgan fingerprint density at radius 1 is 1.17 bits per heavy atom. The van der Waals surface area contributed by atoms with Gasteiger partial charge in [-0.15, -0.1) is 0 Å². The van der Waals surface area contributed by atoms with Crippen LogP contribution in [0, 0.1) is 10.1 Å². The van der Waals surface area contributed by atoms with E-state index in [-0.39, 0.29) is 23.3 Å². The molecule has 2 aromatic heterocycles. The maximum absolute atomic E-state index is 12.6. The van der Waals surface area contributed by atoms with Crippen LogP contribution in [0.4, 0.5) is 5.69 Å². The van der Waals surface area contributed by atoms with Crippen molar-refractivity contribution in [3.8, 4) is 16.9 Å². The van der Waals surface area contributed by atoms with Crippen LogP contribution in [0.2, 0.25) is 0 Å². The predicted octanol–water partition coefficient (Wildman–Crippen LogP) is 3.66. The van der Waals surface area contributed by atoms with Gasteiger partial charge in [-0.25, -0.2) is 9.67 Å². The molecular formula is C21H18N6O3. The normalized spacial score (nSPS) is 11.8. The maximum Gasteiger partial charge on any atom is 0.272 e. The zero-order valence-electron chi connectivity index (χ0n) is 16.0. The summed E-state index contributed by atoms with van der Waals surface area (Å²) in [6.07, 6.45) is 3.31. The zero-order chi connectivity index (χ0) is 21.1. The second-order valence-corrected chi connectivity index (χ2v) is 6.67.